The number of hydrogen-bond donors (Lipinski definition) is 1. The molecule has 8 heteroatoms. The van der Waals surface area contributed by atoms with Gasteiger partial charge in [-0.1, -0.05) is 23.8 Å². The summed E-state index contributed by atoms with van der Waals surface area (Å²) in [7, 11) is 1.62. The van der Waals surface area contributed by atoms with Gasteiger partial charge in [0.25, 0.3) is 5.56 Å². The van der Waals surface area contributed by atoms with Crippen molar-refractivity contribution in [3.8, 4) is 11.5 Å². The van der Waals surface area contributed by atoms with E-state index in [-0.39, 0.29) is 18.0 Å². The maximum absolute atomic E-state index is 13.7. The number of fused-ring (bicyclic) bond motifs is 3. The van der Waals surface area contributed by atoms with Crippen LogP contribution in [0.2, 0.25) is 0 Å². The van der Waals surface area contributed by atoms with Crippen molar-refractivity contribution in [2.75, 3.05) is 19.0 Å². The first kappa shape index (κ1) is 24.1. The molecule has 0 aliphatic heterocycles. The summed E-state index contributed by atoms with van der Waals surface area (Å²) in [4.78, 5) is 31.4. The molecule has 0 unspecified atom stereocenters. The fourth-order valence-electron chi connectivity index (χ4n) is 4.46. The van der Waals surface area contributed by atoms with Crippen LogP contribution < -0.4 is 20.3 Å². The van der Waals surface area contributed by atoms with Crippen molar-refractivity contribution in [3.05, 3.63) is 94.5 Å². The van der Waals surface area contributed by atoms with E-state index in [2.05, 4.69) is 10.3 Å². The van der Waals surface area contributed by atoms with Crippen molar-refractivity contribution in [1.82, 2.24) is 14.1 Å². The van der Waals surface area contributed by atoms with Crippen LogP contribution in [0.15, 0.2) is 77.9 Å². The molecule has 5 aromatic rings. The van der Waals surface area contributed by atoms with Crippen molar-refractivity contribution in [1.29, 1.82) is 0 Å². The second-order valence-electron chi connectivity index (χ2n) is 8.84. The molecular weight excluding hydrogens is 468 g/mol. The summed E-state index contributed by atoms with van der Waals surface area (Å²) in [6.07, 6.45) is 1.57. The average Bonchev–Trinajstić information content (AvgIpc) is 3.20. The van der Waals surface area contributed by atoms with Crippen LogP contribution >= 0.6 is 0 Å². The normalized spacial score (nSPS) is 11.1. The monoisotopic (exact) mass is 496 g/mol. The van der Waals surface area contributed by atoms with Crippen LogP contribution in [-0.2, 0) is 17.9 Å². The van der Waals surface area contributed by atoms with E-state index in [1.807, 2.05) is 68.4 Å². The van der Waals surface area contributed by atoms with E-state index in [1.165, 1.54) is 0 Å². The number of hydrogen-bond acceptors (Lipinski definition) is 5. The highest BCUT2D eigenvalue weighted by molar-refractivity contribution is 6.06. The zero-order valence-corrected chi connectivity index (χ0v) is 21.0. The van der Waals surface area contributed by atoms with Gasteiger partial charge in [-0.2, -0.15) is 0 Å². The van der Waals surface area contributed by atoms with Crippen LogP contribution in [0.25, 0.3) is 21.9 Å². The highest BCUT2D eigenvalue weighted by atomic mass is 16.5. The molecule has 1 N–H and O–H groups in total. The van der Waals surface area contributed by atoms with E-state index >= 15 is 0 Å². The number of methoxy groups -OCH3 is 1. The van der Waals surface area contributed by atoms with Crippen LogP contribution in [0.3, 0.4) is 0 Å². The van der Waals surface area contributed by atoms with Gasteiger partial charge in [-0.05, 0) is 67.9 Å². The Morgan fingerprint density at radius 2 is 1.73 bits per heavy atom. The summed E-state index contributed by atoms with van der Waals surface area (Å²) in [5.41, 5.74) is 4.21. The molecular formula is C29H28N4O4. The number of nitrogens with one attached hydrogen (secondary N) is 1. The molecule has 0 radical (unpaired) electrons. The molecule has 3 aromatic carbocycles. The lowest BCUT2D eigenvalue weighted by atomic mass is 10.1. The van der Waals surface area contributed by atoms with Gasteiger partial charge < -0.3 is 19.4 Å². The van der Waals surface area contributed by atoms with Crippen molar-refractivity contribution < 1.29 is 14.3 Å². The van der Waals surface area contributed by atoms with E-state index in [0.717, 1.165) is 33.5 Å². The molecule has 8 nitrogen and oxygen atoms in total. The van der Waals surface area contributed by atoms with Crippen molar-refractivity contribution in [2.45, 2.75) is 26.9 Å². The van der Waals surface area contributed by atoms with Gasteiger partial charge in [0, 0.05) is 11.1 Å². The third-order valence-electron chi connectivity index (χ3n) is 6.24. The number of aryl methyl sites for hydroxylation is 1. The largest absolute Gasteiger partial charge is 0.497 e. The van der Waals surface area contributed by atoms with Crippen LogP contribution in [-0.4, -0.2) is 33.7 Å². The average molecular weight is 497 g/mol. The highest BCUT2D eigenvalue weighted by Crippen LogP contribution is 2.27. The standard InChI is InChI=1S/C29H28N4O4/c1-4-37-23-12-8-21(9-13-23)31-26(34)17-33-25-14-5-19(2)15-24(25)27-28(33)29(35)32(18-30-27)16-20-6-10-22(36-3)11-7-20/h5-15,18H,4,16-17H2,1-3H3,(H,31,34). The molecule has 0 saturated heterocycles. The Balaban J connectivity index is 1.52. The Morgan fingerprint density at radius 1 is 1.00 bits per heavy atom. The number of aromatic nitrogens is 3. The van der Waals surface area contributed by atoms with Crippen molar-refractivity contribution in [2.24, 2.45) is 0 Å². The number of anilines is 1. The molecule has 0 fully saturated rings. The fraction of sp³-hybridized carbons (Fsp3) is 0.207. The van der Waals surface area contributed by atoms with Gasteiger partial charge in [0.05, 0.1) is 32.1 Å². The van der Waals surface area contributed by atoms with Crippen LogP contribution in [0, 0.1) is 6.92 Å². The molecule has 0 aliphatic carbocycles. The fourth-order valence-corrected chi connectivity index (χ4v) is 4.46. The van der Waals surface area contributed by atoms with Crippen LogP contribution in [0.4, 0.5) is 5.69 Å². The summed E-state index contributed by atoms with van der Waals surface area (Å²) in [5, 5.41) is 3.76. The second kappa shape index (κ2) is 10.2. The molecule has 0 atom stereocenters. The number of carbonyl (C=O) groups excluding carboxylic acids is 1. The molecule has 0 spiro atoms. The molecule has 0 saturated carbocycles. The zero-order chi connectivity index (χ0) is 25.9. The van der Waals surface area contributed by atoms with Gasteiger partial charge in [0.15, 0.2) is 0 Å². The smallest absolute Gasteiger partial charge is 0.278 e. The van der Waals surface area contributed by atoms with E-state index in [1.54, 1.807) is 34.7 Å². The van der Waals surface area contributed by atoms with Gasteiger partial charge in [-0.3, -0.25) is 14.2 Å². The summed E-state index contributed by atoms with van der Waals surface area (Å²) < 4.78 is 14.0. The van der Waals surface area contributed by atoms with Crippen molar-refractivity contribution in [3.63, 3.8) is 0 Å². The van der Waals surface area contributed by atoms with Gasteiger partial charge in [0.2, 0.25) is 5.91 Å². The summed E-state index contributed by atoms with van der Waals surface area (Å²) in [6, 6.07) is 20.7. The predicted molar refractivity (Wildman–Crippen MR) is 145 cm³/mol. The quantitative estimate of drug-likeness (QED) is 0.335. The predicted octanol–water partition coefficient (Wildman–Crippen LogP) is 4.75. The first-order valence-corrected chi connectivity index (χ1v) is 12.1. The van der Waals surface area contributed by atoms with Gasteiger partial charge in [0.1, 0.15) is 29.1 Å². The Kier molecular flexibility index (Phi) is 6.64. The lowest BCUT2D eigenvalue weighted by Gasteiger charge is -2.11. The topological polar surface area (TPSA) is 87.4 Å². The number of ether oxygens (including phenoxy) is 2. The van der Waals surface area contributed by atoms with E-state index in [0.29, 0.717) is 29.9 Å². The number of nitrogens with zero attached hydrogens (tertiary/aromatic N) is 3. The molecule has 0 bridgehead atoms. The minimum Gasteiger partial charge on any atom is -0.497 e. The van der Waals surface area contributed by atoms with E-state index in [4.69, 9.17) is 9.47 Å². The Bertz CT molecular complexity index is 1630. The van der Waals surface area contributed by atoms with E-state index < -0.39 is 0 Å². The minimum absolute atomic E-state index is 0.0280. The molecule has 37 heavy (non-hydrogen) atoms. The van der Waals surface area contributed by atoms with Gasteiger partial charge in [-0.25, -0.2) is 4.98 Å². The molecule has 188 valence electrons. The van der Waals surface area contributed by atoms with Crippen LogP contribution in [0.5, 0.6) is 11.5 Å². The Labute approximate surface area is 214 Å². The maximum atomic E-state index is 13.7. The van der Waals surface area contributed by atoms with Crippen molar-refractivity contribution >= 4 is 33.5 Å². The maximum Gasteiger partial charge on any atom is 0.278 e. The molecule has 0 aliphatic rings. The number of benzene rings is 3. The third kappa shape index (κ3) is 4.91. The summed E-state index contributed by atoms with van der Waals surface area (Å²) >= 11 is 0. The number of carbonyl (C=O) groups is 1. The molecule has 1 amide bonds. The highest BCUT2D eigenvalue weighted by Gasteiger charge is 2.19. The zero-order valence-electron chi connectivity index (χ0n) is 21.0. The SMILES string of the molecule is CCOc1ccc(NC(=O)Cn2c3ccc(C)cc3c3ncn(Cc4ccc(OC)cc4)c(=O)c32)cc1. The lowest BCUT2D eigenvalue weighted by Crippen LogP contribution is -2.25. The Hall–Kier alpha value is -4.59. The van der Waals surface area contributed by atoms with Gasteiger partial charge in [-0.15, -0.1) is 0 Å². The van der Waals surface area contributed by atoms with E-state index in [9.17, 15) is 9.59 Å². The Morgan fingerprint density at radius 3 is 2.43 bits per heavy atom. The minimum atomic E-state index is -0.242. The second-order valence-corrected chi connectivity index (χ2v) is 8.84. The first-order valence-electron chi connectivity index (χ1n) is 12.1. The molecule has 5 rings (SSSR count). The first-order chi connectivity index (χ1) is 18.0. The molecule has 2 aromatic heterocycles. The summed E-state index contributed by atoms with van der Waals surface area (Å²) in [5.74, 6) is 1.24. The third-order valence-corrected chi connectivity index (χ3v) is 6.24. The lowest BCUT2D eigenvalue weighted by molar-refractivity contribution is -0.116. The number of rotatable bonds is 8. The van der Waals surface area contributed by atoms with Crippen LogP contribution in [0.1, 0.15) is 18.1 Å². The molecule has 2 heterocycles. The summed E-state index contributed by atoms with van der Waals surface area (Å²) in [6.45, 7) is 4.81. The van der Waals surface area contributed by atoms with Gasteiger partial charge >= 0.3 is 0 Å². The number of amides is 1.